The van der Waals surface area contributed by atoms with E-state index in [9.17, 15) is 10.2 Å². The summed E-state index contributed by atoms with van der Waals surface area (Å²) in [5.74, 6) is 0.271. The van der Waals surface area contributed by atoms with Gasteiger partial charge in [0.25, 0.3) is 0 Å². The lowest BCUT2D eigenvalue weighted by Crippen LogP contribution is -2.42. The molecule has 1 saturated heterocycles. The molecule has 0 bridgehead atoms. The monoisotopic (exact) mass is 333 g/mol. The molecule has 0 aliphatic carbocycles. The van der Waals surface area contributed by atoms with Gasteiger partial charge in [-0.25, -0.2) is 0 Å². The van der Waals surface area contributed by atoms with Gasteiger partial charge in [-0.05, 0) is 52.9 Å². The van der Waals surface area contributed by atoms with Crippen molar-refractivity contribution in [2.75, 3.05) is 13.1 Å². The molecule has 3 nitrogen and oxygen atoms in total. The molecule has 1 heterocycles. The summed E-state index contributed by atoms with van der Waals surface area (Å²) in [6.45, 7) is 2.71. The molecule has 1 aliphatic heterocycles. The van der Waals surface area contributed by atoms with E-state index in [1.54, 1.807) is 12.1 Å². The van der Waals surface area contributed by atoms with Crippen LogP contribution < -0.4 is 0 Å². The van der Waals surface area contributed by atoms with Gasteiger partial charge in [-0.2, -0.15) is 0 Å². The van der Waals surface area contributed by atoms with E-state index >= 15 is 0 Å². The van der Waals surface area contributed by atoms with Crippen molar-refractivity contribution < 1.29 is 10.2 Å². The van der Waals surface area contributed by atoms with Crippen LogP contribution in [0.1, 0.15) is 24.0 Å². The number of likely N-dealkylation sites (tertiary alicyclic amines) is 1. The zero-order chi connectivity index (χ0) is 17.3. The number of benzene rings is 3. The minimum atomic E-state index is -0.765. The lowest BCUT2D eigenvalue weighted by Gasteiger charge is -2.38. The lowest BCUT2D eigenvalue weighted by atomic mass is 9.83. The van der Waals surface area contributed by atoms with E-state index in [-0.39, 0.29) is 5.75 Å². The molecule has 0 saturated carbocycles. The van der Waals surface area contributed by atoms with Crippen LogP contribution in [0.2, 0.25) is 0 Å². The zero-order valence-electron chi connectivity index (χ0n) is 14.2. The molecule has 3 aromatic rings. The fourth-order valence-corrected chi connectivity index (χ4v) is 3.73. The summed E-state index contributed by atoms with van der Waals surface area (Å²) in [4.78, 5) is 2.41. The molecule has 1 aliphatic rings. The van der Waals surface area contributed by atoms with Gasteiger partial charge < -0.3 is 10.2 Å². The Balaban J connectivity index is 1.49. The Morgan fingerprint density at radius 1 is 0.840 bits per heavy atom. The van der Waals surface area contributed by atoms with Crippen molar-refractivity contribution in [2.24, 2.45) is 0 Å². The molecule has 2 N–H and O–H groups in total. The van der Waals surface area contributed by atoms with Gasteiger partial charge in [0.2, 0.25) is 0 Å². The van der Waals surface area contributed by atoms with Crippen LogP contribution in [0.15, 0.2) is 66.7 Å². The lowest BCUT2D eigenvalue weighted by molar-refractivity contribution is -0.0276. The molecule has 25 heavy (non-hydrogen) atoms. The Labute approximate surface area is 148 Å². The summed E-state index contributed by atoms with van der Waals surface area (Å²) in [5, 5.41) is 22.8. The number of hydrogen-bond acceptors (Lipinski definition) is 3. The van der Waals surface area contributed by atoms with Crippen LogP contribution >= 0.6 is 0 Å². The van der Waals surface area contributed by atoms with E-state index < -0.39 is 5.60 Å². The third-order valence-corrected chi connectivity index (χ3v) is 5.29. The molecule has 0 aromatic heterocycles. The van der Waals surface area contributed by atoms with Gasteiger partial charge >= 0.3 is 0 Å². The van der Waals surface area contributed by atoms with Crippen LogP contribution in [0.4, 0.5) is 0 Å². The van der Waals surface area contributed by atoms with E-state index in [0.717, 1.165) is 48.8 Å². The minimum Gasteiger partial charge on any atom is -0.508 e. The fourth-order valence-electron chi connectivity index (χ4n) is 3.73. The molecule has 0 spiro atoms. The van der Waals surface area contributed by atoms with Gasteiger partial charge in [0, 0.05) is 19.6 Å². The summed E-state index contributed by atoms with van der Waals surface area (Å²) in [6.07, 6.45) is 1.48. The van der Waals surface area contributed by atoms with E-state index in [1.165, 1.54) is 5.56 Å². The number of rotatable bonds is 3. The summed E-state index contributed by atoms with van der Waals surface area (Å²) in [5.41, 5.74) is 1.53. The molecule has 128 valence electrons. The van der Waals surface area contributed by atoms with Crippen LogP contribution in [0, 0.1) is 0 Å². The third-order valence-electron chi connectivity index (χ3n) is 5.29. The molecular weight excluding hydrogens is 310 g/mol. The molecule has 1 fully saturated rings. The highest BCUT2D eigenvalue weighted by Gasteiger charge is 2.34. The molecule has 4 rings (SSSR count). The molecular formula is C22H23NO2. The molecule has 0 radical (unpaired) electrons. The first-order valence-corrected chi connectivity index (χ1v) is 8.84. The maximum Gasteiger partial charge on any atom is 0.116 e. The molecule has 0 amide bonds. The average molecular weight is 333 g/mol. The Morgan fingerprint density at radius 2 is 1.52 bits per heavy atom. The SMILES string of the molecule is Oc1ccc2cc(C3(O)CCN(Cc4ccccc4)CC3)ccc2c1. The quantitative estimate of drug-likeness (QED) is 0.760. The standard InChI is InChI=1S/C22H23NO2/c24-21-9-7-18-14-20(8-6-19(18)15-21)22(25)10-12-23(13-11-22)16-17-4-2-1-3-5-17/h1-9,14-15,24-25H,10-13,16H2. The van der Waals surface area contributed by atoms with Crippen molar-refractivity contribution in [3.8, 4) is 5.75 Å². The van der Waals surface area contributed by atoms with Gasteiger partial charge in [-0.15, -0.1) is 0 Å². The Bertz CT molecular complexity index is 868. The number of phenols is 1. The first-order valence-electron chi connectivity index (χ1n) is 8.84. The Morgan fingerprint density at radius 3 is 2.28 bits per heavy atom. The number of nitrogens with zero attached hydrogens (tertiary/aromatic N) is 1. The highest BCUT2D eigenvalue weighted by atomic mass is 16.3. The normalized spacial score (nSPS) is 17.6. The number of hydrogen-bond donors (Lipinski definition) is 2. The van der Waals surface area contributed by atoms with Crippen molar-refractivity contribution in [2.45, 2.75) is 25.0 Å². The van der Waals surface area contributed by atoms with Crippen LogP contribution in [-0.2, 0) is 12.1 Å². The van der Waals surface area contributed by atoms with E-state index in [0.29, 0.717) is 0 Å². The molecule has 0 atom stereocenters. The van der Waals surface area contributed by atoms with Crippen molar-refractivity contribution in [1.82, 2.24) is 4.90 Å². The Kier molecular flexibility index (Phi) is 4.20. The second-order valence-corrected chi connectivity index (χ2v) is 7.04. The van der Waals surface area contributed by atoms with E-state index in [4.69, 9.17) is 0 Å². The summed E-state index contributed by atoms with van der Waals surface area (Å²) >= 11 is 0. The maximum absolute atomic E-state index is 11.2. The Hall–Kier alpha value is -2.36. The van der Waals surface area contributed by atoms with Crippen LogP contribution in [0.3, 0.4) is 0 Å². The van der Waals surface area contributed by atoms with Crippen LogP contribution in [0.5, 0.6) is 5.75 Å². The number of fused-ring (bicyclic) bond motifs is 1. The van der Waals surface area contributed by atoms with Crippen molar-refractivity contribution >= 4 is 10.8 Å². The highest BCUT2D eigenvalue weighted by Crippen LogP contribution is 2.35. The highest BCUT2D eigenvalue weighted by molar-refractivity contribution is 5.84. The smallest absolute Gasteiger partial charge is 0.116 e. The van der Waals surface area contributed by atoms with Gasteiger partial charge in [0.1, 0.15) is 5.75 Å². The second-order valence-electron chi connectivity index (χ2n) is 7.04. The third kappa shape index (κ3) is 3.39. The molecule has 3 heteroatoms. The average Bonchev–Trinajstić information content (AvgIpc) is 2.64. The number of aromatic hydroxyl groups is 1. The summed E-state index contributed by atoms with van der Waals surface area (Å²) < 4.78 is 0. The maximum atomic E-state index is 11.2. The van der Waals surface area contributed by atoms with Crippen molar-refractivity contribution in [3.63, 3.8) is 0 Å². The molecule has 3 aromatic carbocycles. The molecule has 0 unspecified atom stereocenters. The predicted molar refractivity (Wildman–Crippen MR) is 100 cm³/mol. The largest absolute Gasteiger partial charge is 0.508 e. The van der Waals surface area contributed by atoms with Gasteiger partial charge in [-0.1, -0.05) is 48.5 Å². The minimum absolute atomic E-state index is 0.271. The number of aliphatic hydroxyl groups is 1. The fraction of sp³-hybridized carbons (Fsp3) is 0.273. The van der Waals surface area contributed by atoms with Crippen molar-refractivity contribution in [3.05, 3.63) is 77.9 Å². The first kappa shape index (κ1) is 16.1. The van der Waals surface area contributed by atoms with Gasteiger partial charge in [0.15, 0.2) is 0 Å². The topological polar surface area (TPSA) is 43.7 Å². The summed E-state index contributed by atoms with van der Waals surface area (Å²) in [7, 11) is 0. The van der Waals surface area contributed by atoms with Gasteiger partial charge in [0.05, 0.1) is 5.60 Å². The predicted octanol–water partition coefficient (Wildman–Crippen LogP) is 4.03. The zero-order valence-corrected chi connectivity index (χ0v) is 14.2. The number of piperidine rings is 1. The van der Waals surface area contributed by atoms with Crippen LogP contribution in [-0.4, -0.2) is 28.2 Å². The van der Waals surface area contributed by atoms with Gasteiger partial charge in [-0.3, -0.25) is 4.90 Å². The first-order chi connectivity index (χ1) is 12.1. The van der Waals surface area contributed by atoms with E-state index in [1.807, 2.05) is 24.3 Å². The second kappa shape index (κ2) is 6.51. The summed E-state index contributed by atoms with van der Waals surface area (Å²) in [6, 6.07) is 21.9. The van der Waals surface area contributed by atoms with Crippen molar-refractivity contribution in [1.29, 1.82) is 0 Å². The number of phenolic OH excluding ortho intramolecular Hbond substituents is 1. The van der Waals surface area contributed by atoms with E-state index in [2.05, 4.69) is 35.2 Å². The van der Waals surface area contributed by atoms with Crippen LogP contribution in [0.25, 0.3) is 10.8 Å².